The lowest BCUT2D eigenvalue weighted by Crippen LogP contribution is -2.28. The van der Waals surface area contributed by atoms with E-state index in [0.29, 0.717) is 5.56 Å². The number of nitrogens with zero attached hydrogens (tertiary/aromatic N) is 2. The average molecular weight is 290 g/mol. The predicted octanol–water partition coefficient (Wildman–Crippen LogP) is 2.03. The molecule has 1 aromatic carbocycles. The number of benzene rings is 1. The number of hydrogen-bond acceptors (Lipinski definition) is 4. The molecule has 20 heavy (non-hydrogen) atoms. The lowest BCUT2D eigenvalue weighted by atomic mass is 10.2. The zero-order valence-electron chi connectivity index (χ0n) is 11.5. The van der Waals surface area contributed by atoms with E-state index >= 15 is 0 Å². The van der Waals surface area contributed by atoms with Crippen LogP contribution in [0.1, 0.15) is 18.9 Å². The van der Waals surface area contributed by atoms with Gasteiger partial charge in [0.1, 0.15) is 0 Å². The summed E-state index contributed by atoms with van der Waals surface area (Å²) in [5.41, 5.74) is 1.45. The zero-order valence-corrected chi connectivity index (χ0v) is 12.3. The van der Waals surface area contributed by atoms with Crippen LogP contribution in [0.15, 0.2) is 24.3 Å². The third kappa shape index (κ3) is 3.33. The largest absolute Gasteiger partial charge is 0.396 e. The maximum atomic E-state index is 12.3. The summed E-state index contributed by atoms with van der Waals surface area (Å²) in [4.78, 5) is 14.1. The molecule has 0 saturated carbocycles. The van der Waals surface area contributed by atoms with Gasteiger partial charge >= 0.3 is 0 Å². The fourth-order valence-corrected chi connectivity index (χ4v) is 3.32. The van der Waals surface area contributed by atoms with Crippen molar-refractivity contribution in [1.29, 1.82) is 5.26 Å². The number of carbonyl (C=O) groups is 1. The summed E-state index contributed by atoms with van der Waals surface area (Å²) >= 11 is 1.63. The normalized spacial score (nSPS) is 19.9. The Bertz CT molecular complexity index is 510. The fraction of sp³-hybridized carbons (Fsp3) is 0.467. The molecule has 106 valence electrons. The molecule has 0 unspecified atom stereocenters. The van der Waals surface area contributed by atoms with Gasteiger partial charge in [0.05, 0.1) is 16.9 Å². The van der Waals surface area contributed by atoms with Gasteiger partial charge in [0.15, 0.2) is 0 Å². The highest BCUT2D eigenvalue weighted by molar-refractivity contribution is 8.00. The molecule has 1 aliphatic rings. The van der Waals surface area contributed by atoms with E-state index in [4.69, 9.17) is 10.4 Å². The van der Waals surface area contributed by atoms with Crippen LogP contribution < -0.4 is 4.90 Å². The molecule has 1 amide bonds. The van der Waals surface area contributed by atoms with Crippen LogP contribution in [0.5, 0.6) is 0 Å². The first-order valence-electron chi connectivity index (χ1n) is 6.69. The minimum absolute atomic E-state index is 0.0142. The molecule has 5 heteroatoms. The van der Waals surface area contributed by atoms with E-state index in [1.807, 2.05) is 19.1 Å². The molecular weight excluding hydrogens is 272 g/mol. The summed E-state index contributed by atoms with van der Waals surface area (Å²) in [7, 11) is 0. The number of nitriles is 1. The van der Waals surface area contributed by atoms with Crippen molar-refractivity contribution < 1.29 is 9.90 Å². The number of amides is 1. The first-order chi connectivity index (χ1) is 9.65. The van der Waals surface area contributed by atoms with Crippen LogP contribution in [0.2, 0.25) is 0 Å². The van der Waals surface area contributed by atoms with Crippen molar-refractivity contribution in [3.8, 4) is 6.07 Å². The monoisotopic (exact) mass is 290 g/mol. The van der Waals surface area contributed by atoms with Crippen molar-refractivity contribution in [2.75, 3.05) is 23.8 Å². The minimum atomic E-state index is -0.0142. The van der Waals surface area contributed by atoms with Gasteiger partial charge < -0.3 is 10.0 Å². The third-order valence-electron chi connectivity index (χ3n) is 3.36. The van der Waals surface area contributed by atoms with Gasteiger partial charge in [0, 0.05) is 18.8 Å². The quantitative estimate of drug-likeness (QED) is 0.901. The van der Waals surface area contributed by atoms with Crippen molar-refractivity contribution >= 4 is 23.4 Å². The highest BCUT2D eigenvalue weighted by Gasteiger charge is 2.32. The second kappa shape index (κ2) is 6.78. The SMILES string of the molecule is C[C@@H](CO)CS[C@@H]1CCN(c2ccc(C#N)cc2)C1=O. The fourth-order valence-electron chi connectivity index (χ4n) is 2.11. The lowest BCUT2D eigenvalue weighted by Gasteiger charge is -2.17. The number of hydrogen-bond donors (Lipinski definition) is 1. The van der Waals surface area contributed by atoms with E-state index < -0.39 is 0 Å². The number of aliphatic hydroxyl groups is 1. The van der Waals surface area contributed by atoms with Crippen molar-refractivity contribution in [1.82, 2.24) is 0 Å². The van der Waals surface area contributed by atoms with Gasteiger partial charge in [-0.15, -0.1) is 11.8 Å². The molecule has 0 spiro atoms. The number of rotatable bonds is 5. The maximum Gasteiger partial charge on any atom is 0.240 e. The van der Waals surface area contributed by atoms with Crippen LogP contribution >= 0.6 is 11.8 Å². The lowest BCUT2D eigenvalue weighted by molar-refractivity contribution is -0.116. The molecule has 1 aliphatic heterocycles. The Kier molecular flexibility index (Phi) is 5.05. The van der Waals surface area contributed by atoms with Gasteiger partial charge in [-0.05, 0) is 42.4 Å². The Morgan fingerprint density at radius 2 is 2.20 bits per heavy atom. The Morgan fingerprint density at radius 3 is 2.80 bits per heavy atom. The van der Waals surface area contributed by atoms with Crippen LogP contribution in [0.25, 0.3) is 0 Å². The summed E-state index contributed by atoms with van der Waals surface area (Å²) in [6.45, 7) is 2.86. The van der Waals surface area contributed by atoms with Crippen molar-refractivity contribution in [2.45, 2.75) is 18.6 Å². The molecule has 2 atom stereocenters. The van der Waals surface area contributed by atoms with Crippen LogP contribution in [0.3, 0.4) is 0 Å². The topological polar surface area (TPSA) is 64.3 Å². The summed E-state index contributed by atoms with van der Waals surface area (Å²) in [6, 6.07) is 9.18. The predicted molar refractivity (Wildman–Crippen MR) is 80.6 cm³/mol. The second-order valence-corrected chi connectivity index (χ2v) is 6.28. The molecule has 4 nitrogen and oxygen atoms in total. The molecule has 1 N–H and O–H groups in total. The van der Waals surface area contributed by atoms with E-state index in [1.165, 1.54) is 0 Å². The molecule has 0 aliphatic carbocycles. The van der Waals surface area contributed by atoms with Gasteiger partial charge in [0.25, 0.3) is 0 Å². The number of aliphatic hydroxyl groups excluding tert-OH is 1. The standard InChI is InChI=1S/C15H18N2O2S/c1-11(9-18)10-20-14-6-7-17(15(14)19)13-4-2-12(8-16)3-5-13/h2-5,11,14,18H,6-7,9-10H2,1H3/t11-,14+/m0/s1. The molecule has 0 bridgehead atoms. The van der Waals surface area contributed by atoms with Crippen LogP contribution in [0.4, 0.5) is 5.69 Å². The van der Waals surface area contributed by atoms with Crippen molar-refractivity contribution in [3.05, 3.63) is 29.8 Å². The van der Waals surface area contributed by atoms with Crippen LogP contribution in [-0.4, -0.2) is 35.2 Å². The van der Waals surface area contributed by atoms with Crippen LogP contribution in [0, 0.1) is 17.2 Å². The van der Waals surface area contributed by atoms with Gasteiger partial charge in [-0.2, -0.15) is 5.26 Å². The van der Waals surface area contributed by atoms with Gasteiger partial charge in [0.2, 0.25) is 5.91 Å². The molecular formula is C15H18N2O2S. The Morgan fingerprint density at radius 1 is 1.50 bits per heavy atom. The molecule has 1 fully saturated rings. The second-order valence-electron chi connectivity index (χ2n) is 5.05. The Labute approximate surface area is 123 Å². The van der Waals surface area contributed by atoms with E-state index in [-0.39, 0.29) is 23.7 Å². The highest BCUT2D eigenvalue weighted by Crippen LogP contribution is 2.29. The number of anilines is 1. The maximum absolute atomic E-state index is 12.3. The van der Waals surface area contributed by atoms with Gasteiger partial charge in [-0.3, -0.25) is 4.79 Å². The zero-order chi connectivity index (χ0) is 14.5. The minimum Gasteiger partial charge on any atom is -0.396 e. The van der Waals surface area contributed by atoms with E-state index in [9.17, 15) is 4.79 Å². The molecule has 1 saturated heterocycles. The van der Waals surface area contributed by atoms with E-state index in [2.05, 4.69) is 6.07 Å². The smallest absolute Gasteiger partial charge is 0.240 e. The summed E-state index contributed by atoms with van der Waals surface area (Å²) < 4.78 is 0. The molecule has 1 aromatic rings. The Balaban J connectivity index is 1.98. The van der Waals surface area contributed by atoms with E-state index in [0.717, 1.165) is 24.4 Å². The van der Waals surface area contributed by atoms with Crippen LogP contribution in [-0.2, 0) is 4.79 Å². The first-order valence-corrected chi connectivity index (χ1v) is 7.74. The number of thioether (sulfide) groups is 1. The van der Waals surface area contributed by atoms with Gasteiger partial charge in [-0.1, -0.05) is 6.92 Å². The molecule has 1 heterocycles. The average Bonchev–Trinajstić information content (AvgIpc) is 2.86. The third-order valence-corrected chi connectivity index (χ3v) is 4.96. The molecule has 0 aromatic heterocycles. The van der Waals surface area contributed by atoms with Gasteiger partial charge in [-0.25, -0.2) is 0 Å². The highest BCUT2D eigenvalue weighted by atomic mass is 32.2. The Hall–Kier alpha value is -1.51. The van der Waals surface area contributed by atoms with Crippen molar-refractivity contribution in [2.24, 2.45) is 5.92 Å². The summed E-state index contributed by atoms with van der Waals surface area (Å²) in [5.74, 6) is 1.15. The van der Waals surface area contributed by atoms with Crippen molar-refractivity contribution in [3.63, 3.8) is 0 Å². The first kappa shape index (κ1) is 14.9. The summed E-state index contributed by atoms with van der Waals surface area (Å²) in [5, 5.41) is 17.8. The van der Waals surface area contributed by atoms with E-state index in [1.54, 1.807) is 28.8 Å². The summed E-state index contributed by atoms with van der Waals surface area (Å²) in [6.07, 6.45) is 0.835. The number of carbonyl (C=O) groups excluding carboxylic acids is 1. The molecule has 2 rings (SSSR count). The molecule has 0 radical (unpaired) electrons.